The van der Waals surface area contributed by atoms with Crippen molar-refractivity contribution in [2.75, 3.05) is 12.4 Å². The number of ether oxygens (including phenoxy) is 2. The smallest absolute Gasteiger partial charge is 0.417 e. The van der Waals surface area contributed by atoms with Crippen LogP contribution in [-0.4, -0.2) is 23.3 Å². The molecule has 41 heavy (non-hydrogen) atoms. The van der Waals surface area contributed by atoms with E-state index in [1.165, 1.54) is 0 Å². The number of rotatable bonds is 7. The highest BCUT2D eigenvalue weighted by atomic mass is 32.2. The summed E-state index contributed by atoms with van der Waals surface area (Å²) in [6.07, 6.45) is -4.79. The van der Waals surface area contributed by atoms with E-state index < -0.39 is 34.6 Å². The number of aromatic nitrogens is 1. The maximum atomic E-state index is 13.9. The Bertz CT molecular complexity index is 1480. The first-order valence-electron chi connectivity index (χ1n) is 12.9. The van der Waals surface area contributed by atoms with Crippen LogP contribution < -0.4 is 5.73 Å². The van der Waals surface area contributed by atoms with Gasteiger partial charge in [0, 0.05) is 11.1 Å². The van der Waals surface area contributed by atoms with Crippen LogP contribution >= 0.6 is 11.8 Å². The summed E-state index contributed by atoms with van der Waals surface area (Å²) in [6, 6.07) is 11.9. The normalized spacial score (nSPS) is 15.9. The van der Waals surface area contributed by atoms with E-state index in [9.17, 15) is 28.5 Å². The number of nitrogens with two attached hydrogens (primary N) is 1. The number of hydrogen-bond donors (Lipinski definition) is 1. The molecule has 3 rings (SSSR count). The number of alkyl halides is 3. The Labute approximate surface area is 241 Å². The van der Waals surface area contributed by atoms with Crippen molar-refractivity contribution >= 4 is 17.7 Å². The molecule has 0 amide bonds. The monoisotopic (exact) mass is 584 g/mol. The molecule has 0 fully saturated rings. The van der Waals surface area contributed by atoms with E-state index in [1.54, 1.807) is 45.9 Å². The summed E-state index contributed by atoms with van der Waals surface area (Å²) in [5, 5.41) is 19.5. The molecule has 216 valence electrons. The van der Waals surface area contributed by atoms with E-state index >= 15 is 0 Å². The number of carbonyl (C=O) groups is 1. The molecular formula is C30H31F3N4O3S. The van der Waals surface area contributed by atoms with Gasteiger partial charge in [0.25, 0.3) is 0 Å². The van der Waals surface area contributed by atoms with Crippen LogP contribution in [0.15, 0.2) is 58.1 Å². The third-order valence-corrected chi connectivity index (χ3v) is 7.42. The van der Waals surface area contributed by atoms with Gasteiger partial charge in [0.15, 0.2) is 0 Å². The minimum Gasteiger partial charge on any atom is -0.463 e. The Hall–Kier alpha value is -3.96. The molecule has 0 saturated carbocycles. The van der Waals surface area contributed by atoms with Crippen LogP contribution in [0, 0.1) is 22.7 Å². The molecule has 1 aromatic carbocycles. The molecule has 0 radical (unpaired) electrons. The summed E-state index contributed by atoms with van der Waals surface area (Å²) in [6.45, 7) is 10.9. The largest absolute Gasteiger partial charge is 0.463 e. The highest BCUT2D eigenvalue weighted by Gasteiger charge is 2.39. The van der Waals surface area contributed by atoms with Crippen molar-refractivity contribution in [3.05, 3.63) is 81.1 Å². The van der Waals surface area contributed by atoms with Gasteiger partial charge in [-0.1, -0.05) is 70.6 Å². The summed E-state index contributed by atoms with van der Waals surface area (Å²) < 4.78 is 52.9. The number of pyridine rings is 1. The summed E-state index contributed by atoms with van der Waals surface area (Å²) in [5.74, 6) is -1.88. The zero-order valence-corrected chi connectivity index (χ0v) is 24.5. The number of esters is 1. The van der Waals surface area contributed by atoms with E-state index in [-0.39, 0.29) is 51.8 Å². The Morgan fingerprint density at radius 2 is 1.80 bits per heavy atom. The fourth-order valence-electron chi connectivity index (χ4n) is 4.24. The summed E-state index contributed by atoms with van der Waals surface area (Å²) >= 11 is 0.807. The molecule has 1 unspecified atom stereocenters. The standard InChI is InChI=1S/C30H31F3N4O3S/c1-7-39-28(38)25-22(40-26(36)20(14-35)24(25)18-10-8-17(9-11-18)16(2)3)15-41-27-19(13-34)21(30(31,32)33)12-23(37-27)29(4,5)6/h8-12,16,24H,7,15,36H2,1-6H3. The minimum atomic E-state index is -4.79. The molecule has 2 N–H and O–H groups in total. The summed E-state index contributed by atoms with van der Waals surface area (Å²) in [5.41, 5.74) is 5.44. The zero-order chi connectivity index (χ0) is 30.7. The third kappa shape index (κ3) is 6.86. The Kier molecular flexibility index (Phi) is 9.45. The van der Waals surface area contributed by atoms with Gasteiger partial charge < -0.3 is 15.2 Å². The fraction of sp³-hybridized carbons (Fsp3) is 0.400. The number of hydrogen-bond acceptors (Lipinski definition) is 8. The van der Waals surface area contributed by atoms with E-state index in [0.717, 1.165) is 23.4 Å². The second kappa shape index (κ2) is 12.3. The highest BCUT2D eigenvalue weighted by Crippen LogP contribution is 2.43. The molecule has 0 bridgehead atoms. The van der Waals surface area contributed by atoms with Crippen LogP contribution in [0.5, 0.6) is 0 Å². The van der Waals surface area contributed by atoms with Crippen LogP contribution in [0.4, 0.5) is 13.2 Å². The van der Waals surface area contributed by atoms with E-state index in [0.29, 0.717) is 5.56 Å². The maximum absolute atomic E-state index is 13.9. The molecule has 1 atom stereocenters. The van der Waals surface area contributed by atoms with Gasteiger partial charge in [-0.25, -0.2) is 9.78 Å². The SMILES string of the molecule is CCOC(=O)C1=C(CSc2nc(C(C)(C)C)cc(C(F)(F)F)c2C#N)OC(N)=C(C#N)C1c1ccc(C(C)C)cc1. The molecule has 11 heteroatoms. The lowest BCUT2D eigenvalue weighted by Gasteiger charge is -2.28. The second-order valence-corrected chi connectivity index (χ2v) is 11.7. The number of thioether (sulfide) groups is 1. The molecule has 2 aromatic rings. The Morgan fingerprint density at radius 1 is 1.17 bits per heavy atom. The molecular weight excluding hydrogens is 553 g/mol. The van der Waals surface area contributed by atoms with Gasteiger partial charge in [0.2, 0.25) is 5.88 Å². The number of nitrogens with zero attached hydrogens (tertiary/aromatic N) is 3. The second-order valence-electron chi connectivity index (χ2n) is 10.7. The number of allylic oxidation sites excluding steroid dienone is 1. The van der Waals surface area contributed by atoms with Gasteiger partial charge in [0.1, 0.15) is 28.5 Å². The maximum Gasteiger partial charge on any atom is 0.417 e. The van der Waals surface area contributed by atoms with Crippen LogP contribution in [0.2, 0.25) is 0 Å². The lowest BCUT2D eigenvalue weighted by atomic mass is 9.82. The van der Waals surface area contributed by atoms with Crippen molar-refractivity contribution in [2.45, 2.75) is 70.0 Å². The topological polar surface area (TPSA) is 122 Å². The van der Waals surface area contributed by atoms with Crippen molar-refractivity contribution in [3.63, 3.8) is 0 Å². The molecule has 0 spiro atoms. The first-order valence-corrected chi connectivity index (χ1v) is 13.9. The first kappa shape index (κ1) is 31.6. The van der Waals surface area contributed by atoms with Gasteiger partial charge in [0.05, 0.1) is 35.0 Å². The van der Waals surface area contributed by atoms with Gasteiger partial charge in [-0.3, -0.25) is 0 Å². The Balaban J connectivity index is 2.19. The van der Waals surface area contributed by atoms with Crippen molar-refractivity contribution in [1.82, 2.24) is 4.98 Å². The molecule has 0 saturated heterocycles. The number of nitriles is 2. The summed E-state index contributed by atoms with van der Waals surface area (Å²) in [4.78, 5) is 17.7. The van der Waals surface area contributed by atoms with Gasteiger partial charge >= 0.3 is 12.1 Å². The molecule has 1 aliphatic heterocycles. The lowest BCUT2D eigenvalue weighted by molar-refractivity contribution is -0.139. The molecule has 0 aliphatic carbocycles. The fourth-order valence-corrected chi connectivity index (χ4v) is 5.19. The quantitative estimate of drug-likeness (QED) is 0.278. The molecule has 1 aromatic heterocycles. The average molecular weight is 585 g/mol. The van der Waals surface area contributed by atoms with E-state index in [2.05, 4.69) is 4.98 Å². The minimum absolute atomic E-state index is 0.00305. The average Bonchev–Trinajstić information content (AvgIpc) is 2.89. The molecule has 1 aliphatic rings. The van der Waals surface area contributed by atoms with Crippen LogP contribution in [0.25, 0.3) is 0 Å². The summed E-state index contributed by atoms with van der Waals surface area (Å²) in [7, 11) is 0. The number of carbonyl (C=O) groups excluding carboxylic acids is 1. The first-order chi connectivity index (χ1) is 19.1. The van der Waals surface area contributed by atoms with Crippen LogP contribution in [0.3, 0.4) is 0 Å². The van der Waals surface area contributed by atoms with Crippen LogP contribution in [-0.2, 0) is 25.9 Å². The zero-order valence-electron chi connectivity index (χ0n) is 23.6. The van der Waals surface area contributed by atoms with Crippen molar-refractivity contribution < 1.29 is 27.4 Å². The molecule has 2 heterocycles. The predicted molar refractivity (Wildman–Crippen MR) is 148 cm³/mol. The third-order valence-electron chi connectivity index (χ3n) is 6.44. The van der Waals surface area contributed by atoms with Gasteiger partial charge in [-0.2, -0.15) is 23.7 Å². The Morgan fingerprint density at radius 3 is 2.29 bits per heavy atom. The van der Waals surface area contributed by atoms with Crippen LogP contribution in [0.1, 0.15) is 81.3 Å². The lowest BCUT2D eigenvalue weighted by Crippen LogP contribution is -2.27. The van der Waals surface area contributed by atoms with Gasteiger partial charge in [-0.15, -0.1) is 0 Å². The predicted octanol–water partition coefficient (Wildman–Crippen LogP) is 6.81. The van der Waals surface area contributed by atoms with Gasteiger partial charge in [-0.05, 0) is 30.0 Å². The van der Waals surface area contributed by atoms with Crippen molar-refractivity contribution in [1.29, 1.82) is 10.5 Å². The van der Waals surface area contributed by atoms with Crippen molar-refractivity contribution in [3.8, 4) is 12.1 Å². The van der Waals surface area contributed by atoms with E-state index in [1.807, 2.05) is 32.0 Å². The highest BCUT2D eigenvalue weighted by molar-refractivity contribution is 7.99. The number of halogens is 3. The van der Waals surface area contributed by atoms with Crippen molar-refractivity contribution in [2.24, 2.45) is 5.73 Å². The molecule has 7 nitrogen and oxygen atoms in total. The number of benzene rings is 1. The van der Waals surface area contributed by atoms with E-state index in [4.69, 9.17) is 15.2 Å².